The highest BCUT2D eigenvalue weighted by molar-refractivity contribution is 4.76. The van der Waals surface area contributed by atoms with E-state index in [4.69, 9.17) is 0 Å². The quantitative estimate of drug-likeness (QED) is 0.681. The van der Waals surface area contributed by atoms with Gasteiger partial charge < -0.3 is 5.32 Å². The van der Waals surface area contributed by atoms with Crippen molar-refractivity contribution in [2.24, 2.45) is 5.92 Å². The van der Waals surface area contributed by atoms with Gasteiger partial charge in [-0.15, -0.1) is 0 Å². The lowest BCUT2D eigenvalue weighted by Crippen LogP contribution is -2.21. The van der Waals surface area contributed by atoms with Gasteiger partial charge in [0, 0.05) is 6.04 Å². The Balaban J connectivity index is 1.60. The van der Waals surface area contributed by atoms with Crippen molar-refractivity contribution < 1.29 is 0 Å². The first kappa shape index (κ1) is 8.55. The van der Waals surface area contributed by atoms with Crippen LogP contribution in [0, 0.1) is 5.92 Å². The molecule has 0 spiro atoms. The monoisotopic (exact) mass is 167 g/mol. The van der Waals surface area contributed by atoms with Crippen LogP contribution < -0.4 is 5.32 Å². The van der Waals surface area contributed by atoms with E-state index < -0.39 is 0 Å². The molecule has 0 aromatic carbocycles. The van der Waals surface area contributed by atoms with Gasteiger partial charge in [-0.05, 0) is 38.1 Å². The van der Waals surface area contributed by atoms with Crippen LogP contribution in [0.4, 0.5) is 0 Å². The summed E-state index contributed by atoms with van der Waals surface area (Å²) < 4.78 is 0. The van der Waals surface area contributed by atoms with E-state index in [-0.39, 0.29) is 0 Å². The van der Waals surface area contributed by atoms with Crippen LogP contribution in [0.5, 0.6) is 0 Å². The van der Waals surface area contributed by atoms with Crippen molar-refractivity contribution in [3.63, 3.8) is 0 Å². The van der Waals surface area contributed by atoms with Gasteiger partial charge in [-0.25, -0.2) is 0 Å². The summed E-state index contributed by atoms with van der Waals surface area (Å²) in [5, 5.41) is 3.58. The molecule has 0 aromatic heterocycles. The van der Waals surface area contributed by atoms with Crippen molar-refractivity contribution >= 4 is 0 Å². The molecule has 0 aromatic rings. The van der Waals surface area contributed by atoms with E-state index in [0.29, 0.717) is 0 Å². The molecule has 1 nitrogen and oxygen atoms in total. The minimum absolute atomic E-state index is 0.880. The lowest BCUT2D eigenvalue weighted by atomic mass is 9.98. The molecule has 1 aliphatic carbocycles. The molecule has 1 saturated carbocycles. The predicted molar refractivity (Wildman–Crippen MR) is 52.2 cm³/mol. The summed E-state index contributed by atoms with van der Waals surface area (Å²) in [5.41, 5.74) is 0. The first-order valence-corrected chi connectivity index (χ1v) is 5.68. The molecule has 1 N–H and O–H groups in total. The van der Waals surface area contributed by atoms with Crippen molar-refractivity contribution in [3.05, 3.63) is 0 Å². The fraction of sp³-hybridized carbons (Fsp3) is 1.00. The number of nitrogens with one attached hydrogen (secondary N) is 1. The summed E-state index contributed by atoms with van der Waals surface area (Å²) >= 11 is 0. The van der Waals surface area contributed by atoms with Gasteiger partial charge >= 0.3 is 0 Å². The molecule has 0 unspecified atom stereocenters. The van der Waals surface area contributed by atoms with Gasteiger partial charge in [-0.3, -0.25) is 0 Å². The van der Waals surface area contributed by atoms with Gasteiger partial charge in [-0.2, -0.15) is 0 Å². The molecule has 12 heavy (non-hydrogen) atoms. The van der Waals surface area contributed by atoms with Gasteiger partial charge in [0.1, 0.15) is 0 Å². The molecule has 0 bridgehead atoms. The second-order valence-electron chi connectivity index (χ2n) is 4.52. The highest BCUT2D eigenvalue weighted by Gasteiger charge is 2.18. The molecule has 1 heteroatoms. The van der Waals surface area contributed by atoms with Crippen molar-refractivity contribution in [3.8, 4) is 0 Å². The van der Waals surface area contributed by atoms with Crippen molar-refractivity contribution in [2.75, 3.05) is 6.54 Å². The van der Waals surface area contributed by atoms with E-state index in [2.05, 4.69) is 5.32 Å². The molecule has 1 atom stereocenters. The van der Waals surface area contributed by atoms with Crippen LogP contribution >= 0.6 is 0 Å². The molecule has 0 amide bonds. The van der Waals surface area contributed by atoms with Gasteiger partial charge in [-0.1, -0.05) is 25.7 Å². The van der Waals surface area contributed by atoms with Crippen LogP contribution in [0.25, 0.3) is 0 Å². The third-order valence-corrected chi connectivity index (χ3v) is 3.56. The standard InChI is InChI=1S/C11H21N/c1-2-5-10(4-1)7-8-11-6-3-9-12-11/h10-12H,1-9H2/t11-/m0/s1. The van der Waals surface area contributed by atoms with E-state index in [0.717, 1.165) is 12.0 Å². The highest BCUT2D eigenvalue weighted by atomic mass is 14.9. The van der Waals surface area contributed by atoms with E-state index in [1.165, 1.54) is 57.9 Å². The summed E-state index contributed by atoms with van der Waals surface area (Å²) in [6.45, 7) is 1.27. The molecular formula is C11H21N. The molecule has 70 valence electrons. The van der Waals surface area contributed by atoms with Gasteiger partial charge in [0.25, 0.3) is 0 Å². The minimum atomic E-state index is 0.880. The predicted octanol–water partition coefficient (Wildman–Crippen LogP) is 2.71. The van der Waals surface area contributed by atoms with E-state index in [1.54, 1.807) is 0 Å². The Bertz CT molecular complexity index is 105. The van der Waals surface area contributed by atoms with E-state index >= 15 is 0 Å². The molecule has 1 aliphatic heterocycles. The van der Waals surface area contributed by atoms with Gasteiger partial charge in [0.05, 0.1) is 0 Å². The Morgan fingerprint density at radius 1 is 0.917 bits per heavy atom. The number of rotatable bonds is 3. The van der Waals surface area contributed by atoms with Crippen molar-refractivity contribution in [1.82, 2.24) is 5.32 Å². The van der Waals surface area contributed by atoms with Crippen LogP contribution in [-0.4, -0.2) is 12.6 Å². The summed E-state index contributed by atoms with van der Waals surface area (Å²) in [6, 6.07) is 0.880. The number of hydrogen-bond acceptors (Lipinski definition) is 1. The van der Waals surface area contributed by atoms with E-state index in [1.807, 2.05) is 0 Å². The lowest BCUT2D eigenvalue weighted by molar-refractivity contribution is 0.432. The average molecular weight is 167 g/mol. The fourth-order valence-electron chi connectivity index (χ4n) is 2.74. The third kappa shape index (κ3) is 2.22. The number of hydrogen-bond donors (Lipinski definition) is 1. The van der Waals surface area contributed by atoms with E-state index in [9.17, 15) is 0 Å². The maximum atomic E-state index is 3.58. The zero-order valence-electron chi connectivity index (χ0n) is 8.02. The molecule has 2 aliphatic rings. The Morgan fingerprint density at radius 2 is 1.75 bits per heavy atom. The van der Waals surface area contributed by atoms with Crippen LogP contribution in [0.3, 0.4) is 0 Å². The summed E-state index contributed by atoms with van der Waals surface area (Å²) in [5.74, 6) is 1.09. The summed E-state index contributed by atoms with van der Waals surface area (Å²) in [4.78, 5) is 0. The molecule has 1 saturated heterocycles. The first-order valence-electron chi connectivity index (χ1n) is 5.68. The molecule has 2 fully saturated rings. The normalized spacial score (nSPS) is 31.5. The van der Waals surface area contributed by atoms with Crippen LogP contribution in [0.2, 0.25) is 0 Å². The Labute approximate surface area is 75.9 Å². The highest BCUT2D eigenvalue weighted by Crippen LogP contribution is 2.29. The Kier molecular flexibility index (Phi) is 3.04. The zero-order valence-corrected chi connectivity index (χ0v) is 8.02. The third-order valence-electron chi connectivity index (χ3n) is 3.56. The lowest BCUT2D eigenvalue weighted by Gasteiger charge is -2.13. The Hall–Kier alpha value is -0.0400. The molecular weight excluding hydrogens is 146 g/mol. The van der Waals surface area contributed by atoms with Gasteiger partial charge in [0.2, 0.25) is 0 Å². The first-order chi connectivity index (χ1) is 5.95. The maximum absolute atomic E-state index is 3.58. The molecule has 1 heterocycles. The fourth-order valence-corrected chi connectivity index (χ4v) is 2.74. The zero-order chi connectivity index (χ0) is 8.23. The largest absolute Gasteiger partial charge is 0.314 e. The van der Waals surface area contributed by atoms with Crippen molar-refractivity contribution in [1.29, 1.82) is 0 Å². The van der Waals surface area contributed by atoms with Crippen LogP contribution in [0.15, 0.2) is 0 Å². The SMILES string of the molecule is C1CCC(CC[C@@H]2CCCN2)C1. The summed E-state index contributed by atoms with van der Waals surface area (Å²) in [6.07, 6.45) is 11.8. The maximum Gasteiger partial charge on any atom is 0.00676 e. The molecule has 0 radical (unpaired) electrons. The van der Waals surface area contributed by atoms with Gasteiger partial charge in [0.15, 0.2) is 0 Å². The summed E-state index contributed by atoms with van der Waals surface area (Å²) in [7, 11) is 0. The smallest absolute Gasteiger partial charge is 0.00676 e. The second kappa shape index (κ2) is 4.27. The van der Waals surface area contributed by atoms with Crippen LogP contribution in [0.1, 0.15) is 51.4 Å². The average Bonchev–Trinajstić information content (AvgIpc) is 2.74. The topological polar surface area (TPSA) is 12.0 Å². The second-order valence-corrected chi connectivity index (χ2v) is 4.52. The molecule has 2 rings (SSSR count). The minimum Gasteiger partial charge on any atom is -0.314 e. The van der Waals surface area contributed by atoms with Crippen molar-refractivity contribution in [2.45, 2.75) is 57.4 Å². The van der Waals surface area contributed by atoms with Crippen LogP contribution in [-0.2, 0) is 0 Å². The Morgan fingerprint density at radius 3 is 2.42 bits per heavy atom.